The Kier molecular flexibility index (Phi) is 5.11. The third-order valence-corrected chi connectivity index (χ3v) is 4.83. The lowest BCUT2D eigenvalue weighted by molar-refractivity contribution is 1.16. The second-order valence-electron chi connectivity index (χ2n) is 6.81. The van der Waals surface area contributed by atoms with Gasteiger partial charge in [0.2, 0.25) is 0 Å². The molecule has 0 bridgehead atoms. The van der Waals surface area contributed by atoms with Gasteiger partial charge in [-0.3, -0.25) is 0 Å². The maximum atomic E-state index is 4.60. The van der Waals surface area contributed by atoms with Gasteiger partial charge >= 0.3 is 0 Å². The van der Waals surface area contributed by atoms with Gasteiger partial charge in [-0.25, -0.2) is 9.97 Å². The van der Waals surface area contributed by atoms with Gasteiger partial charge in [0.25, 0.3) is 0 Å². The number of hydrogen-bond acceptors (Lipinski definition) is 2. The Hall–Kier alpha value is -3.52. The van der Waals surface area contributed by atoms with Gasteiger partial charge in [0.1, 0.15) is 0 Å². The average molecular weight is 362 g/mol. The molecule has 1 heterocycles. The van der Waals surface area contributed by atoms with E-state index >= 15 is 0 Å². The highest BCUT2D eigenvalue weighted by atomic mass is 14.9. The highest BCUT2D eigenvalue weighted by Crippen LogP contribution is 2.20. The number of fused-ring (bicyclic) bond motifs is 2. The van der Waals surface area contributed by atoms with Gasteiger partial charge in [-0.05, 0) is 36.2 Å². The summed E-state index contributed by atoms with van der Waals surface area (Å²) in [6.07, 6.45) is 0. The standard InChI is InChI=1S/C15H12N2.C11H10/c1-11-13-9-5-6-10-14(13)17-15(16-11)12-7-3-2-4-8-12;1-9-5-4-7-10-6-2-3-8-11(9)10/h2-10H,1H3;2-8H,1H3. The molecule has 0 N–H and O–H groups in total. The van der Waals surface area contributed by atoms with Crippen molar-refractivity contribution in [2.75, 3.05) is 0 Å². The van der Waals surface area contributed by atoms with E-state index in [0.29, 0.717) is 0 Å². The predicted molar refractivity (Wildman–Crippen MR) is 118 cm³/mol. The normalized spacial score (nSPS) is 10.5. The topological polar surface area (TPSA) is 25.8 Å². The number of nitrogens with zero attached hydrogens (tertiary/aromatic N) is 2. The van der Waals surface area contributed by atoms with E-state index in [-0.39, 0.29) is 0 Å². The van der Waals surface area contributed by atoms with Crippen molar-refractivity contribution in [2.45, 2.75) is 13.8 Å². The van der Waals surface area contributed by atoms with Crippen molar-refractivity contribution in [3.8, 4) is 11.4 Å². The first-order valence-electron chi connectivity index (χ1n) is 9.45. The number of aryl methyl sites for hydroxylation is 2. The summed E-state index contributed by atoms with van der Waals surface area (Å²) in [5.41, 5.74) is 4.43. The highest BCUT2D eigenvalue weighted by molar-refractivity contribution is 5.85. The first kappa shape index (κ1) is 17.9. The summed E-state index contributed by atoms with van der Waals surface area (Å²) in [6.45, 7) is 4.17. The maximum Gasteiger partial charge on any atom is 0.160 e. The van der Waals surface area contributed by atoms with Crippen molar-refractivity contribution in [2.24, 2.45) is 0 Å². The van der Waals surface area contributed by atoms with Gasteiger partial charge in [0.15, 0.2) is 5.82 Å². The predicted octanol–water partition coefficient (Wildman–Crippen LogP) is 6.75. The van der Waals surface area contributed by atoms with Crippen LogP contribution in [0.3, 0.4) is 0 Å². The molecule has 0 atom stereocenters. The SMILES string of the molecule is Cc1cccc2ccccc12.Cc1nc(-c2ccccc2)nc2ccccc12. The van der Waals surface area contributed by atoms with E-state index in [2.05, 4.69) is 65.4 Å². The minimum absolute atomic E-state index is 0.793. The molecule has 28 heavy (non-hydrogen) atoms. The maximum absolute atomic E-state index is 4.60. The second kappa shape index (κ2) is 8.01. The first-order chi connectivity index (χ1) is 13.7. The Balaban J connectivity index is 0.000000151. The summed E-state index contributed by atoms with van der Waals surface area (Å²) < 4.78 is 0. The molecule has 0 fully saturated rings. The third-order valence-electron chi connectivity index (χ3n) is 4.83. The Morgan fingerprint density at radius 2 is 1.18 bits per heavy atom. The summed E-state index contributed by atoms with van der Waals surface area (Å²) >= 11 is 0. The van der Waals surface area contributed by atoms with E-state index in [1.54, 1.807) is 0 Å². The molecule has 1 aromatic heterocycles. The molecular weight excluding hydrogens is 340 g/mol. The number of hydrogen-bond donors (Lipinski definition) is 0. The number of aromatic nitrogens is 2. The van der Waals surface area contributed by atoms with Crippen LogP contribution in [0.1, 0.15) is 11.3 Å². The molecule has 0 aliphatic rings. The fourth-order valence-electron chi connectivity index (χ4n) is 3.34. The smallest absolute Gasteiger partial charge is 0.160 e. The van der Waals surface area contributed by atoms with Gasteiger partial charge in [-0.1, -0.05) is 91.0 Å². The summed E-state index contributed by atoms with van der Waals surface area (Å²) in [5.74, 6) is 0.793. The van der Waals surface area contributed by atoms with E-state index in [4.69, 9.17) is 0 Å². The molecule has 0 amide bonds. The zero-order valence-corrected chi connectivity index (χ0v) is 16.1. The molecule has 2 heteroatoms. The Morgan fingerprint density at radius 3 is 1.96 bits per heavy atom. The lowest BCUT2D eigenvalue weighted by Gasteiger charge is -2.05. The van der Waals surface area contributed by atoms with Gasteiger partial charge in [-0.15, -0.1) is 0 Å². The number of benzene rings is 4. The lowest BCUT2D eigenvalue weighted by Crippen LogP contribution is -1.93. The van der Waals surface area contributed by atoms with Crippen LogP contribution in [0.4, 0.5) is 0 Å². The van der Waals surface area contributed by atoms with E-state index in [0.717, 1.165) is 28.0 Å². The van der Waals surface area contributed by atoms with Crippen LogP contribution in [0.25, 0.3) is 33.1 Å². The van der Waals surface area contributed by atoms with Crippen LogP contribution in [-0.4, -0.2) is 9.97 Å². The van der Waals surface area contributed by atoms with Crippen LogP contribution < -0.4 is 0 Å². The van der Waals surface area contributed by atoms with Crippen LogP contribution >= 0.6 is 0 Å². The van der Waals surface area contributed by atoms with E-state index in [9.17, 15) is 0 Å². The molecule has 0 spiro atoms. The van der Waals surface area contributed by atoms with Gasteiger partial charge in [0, 0.05) is 16.6 Å². The van der Waals surface area contributed by atoms with Crippen LogP contribution in [0.2, 0.25) is 0 Å². The Morgan fingerprint density at radius 1 is 0.536 bits per heavy atom. The van der Waals surface area contributed by atoms with Crippen LogP contribution in [0.5, 0.6) is 0 Å². The molecule has 0 saturated carbocycles. The Bertz CT molecular complexity index is 1220. The molecule has 0 radical (unpaired) electrons. The van der Waals surface area contributed by atoms with E-state index in [1.165, 1.54) is 16.3 Å². The minimum atomic E-state index is 0.793. The average Bonchev–Trinajstić information content (AvgIpc) is 2.75. The quantitative estimate of drug-likeness (QED) is 0.329. The van der Waals surface area contributed by atoms with E-state index in [1.807, 2.05) is 55.5 Å². The molecule has 2 nitrogen and oxygen atoms in total. The third kappa shape index (κ3) is 3.77. The molecule has 5 aromatic rings. The van der Waals surface area contributed by atoms with E-state index < -0.39 is 0 Å². The van der Waals surface area contributed by atoms with Crippen LogP contribution in [-0.2, 0) is 0 Å². The number of para-hydroxylation sites is 1. The summed E-state index contributed by atoms with van der Waals surface area (Å²) in [5, 5.41) is 3.80. The van der Waals surface area contributed by atoms with Crippen molar-refractivity contribution in [3.63, 3.8) is 0 Å². The first-order valence-corrected chi connectivity index (χ1v) is 9.45. The largest absolute Gasteiger partial charge is 0.233 e. The zero-order chi connectivity index (χ0) is 19.3. The highest BCUT2D eigenvalue weighted by Gasteiger charge is 2.05. The van der Waals surface area contributed by atoms with Crippen molar-refractivity contribution >= 4 is 21.7 Å². The summed E-state index contributed by atoms with van der Waals surface area (Å²) in [6, 6.07) is 33.0. The van der Waals surface area contributed by atoms with Crippen LogP contribution in [0, 0.1) is 13.8 Å². The van der Waals surface area contributed by atoms with Crippen molar-refractivity contribution < 1.29 is 0 Å². The summed E-state index contributed by atoms with van der Waals surface area (Å²) in [4.78, 5) is 9.16. The molecule has 136 valence electrons. The van der Waals surface area contributed by atoms with Crippen LogP contribution in [0.15, 0.2) is 97.1 Å². The Labute approximate surface area is 165 Å². The van der Waals surface area contributed by atoms with Gasteiger partial charge in [-0.2, -0.15) is 0 Å². The zero-order valence-electron chi connectivity index (χ0n) is 16.1. The molecule has 0 aliphatic carbocycles. The molecule has 4 aromatic carbocycles. The lowest BCUT2D eigenvalue weighted by atomic mass is 10.1. The number of rotatable bonds is 1. The van der Waals surface area contributed by atoms with Crippen molar-refractivity contribution in [1.82, 2.24) is 9.97 Å². The van der Waals surface area contributed by atoms with Crippen molar-refractivity contribution in [1.29, 1.82) is 0 Å². The summed E-state index contributed by atoms with van der Waals surface area (Å²) in [7, 11) is 0. The second-order valence-corrected chi connectivity index (χ2v) is 6.81. The fourth-order valence-corrected chi connectivity index (χ4v) is 3.34. The molecule has 0 saturated heterocycles. The molecule has 0 aliphatic heterocycles. The van der Waals surface area contributed by atoms with Gasteiger partial charge in [0.05, 0.1) is 5.52 Å². The molecule has 0 unspecified atom stereocenters. The van der Waals surface area contributed by atoms with Gasteiger partial charge < -0.3 is 0 Å². The molecular formula is C26H22N2. The fraction of sp³-hybridized carbons (Fsp3) is 0.0769. The minimum Gasteiger partial charge on any atom is -0.233 e. The monoisotopic (exact) mass is 362 g/mol. The van der Waals surface area contributed by atoms with Crippen molar-refractivity contribution in [3.05, 3.63) is 108 Å². The molecule has 5 rings (SSSR count).